The van der Waals surface area contributed by atoms with E-state index in [9.17, 15) is 14.0 Å². The molecule has 0 aliphatic carbocycles. The van der Waals surface area contributed by atoms with Crippen LogP contribution in [0.1, 0.15) is 12.5 Å². The van der Waals surface area contributed by atoms with Gasteiger partial charge in [0, 0.05) is 42.8 Å². The van der Waals surface area contributed by atoms with Gasteiger partial charge in [0.1, 0.15) is 24.0 Å². The summed E-state index contributed by atoms with van der Waals surface area (Å²) in [4.78, 5) is 36.6. The fraction of sp³-hybridized carbons (Fsp3) is 0.240. The minimum absolute atomic E-state index is 0.112. The Morgan fingerprint density at radius 2 is 2.06 bits per heavy atom. The van der Waals surface area contributed by atoms with Crippen LogP contribution in [0.25, 0.3) is 10.9 Å². The van der Waals surface area contributed by atoms with Crippen molar-refractivity contribution in [3.8, 4) is 17.6 Å². The molecule has 1 aliphatic heterocycles. The SMILES string of the molecule is C=CC(=O)N1CCN(C(=O)Oc2cc3c(Nc4ccc(F)c(C#N)c4)ncnc3cc2OC)[C@H](C)C1. The number of aromatic nitrogens is 2. The van der Waals surface area contributed by atoms with Gasteiger partial charge in [-0.15, -0.1) is 0 Å². The number of nitrogens with one attached hydrogen (secondary N) is 1. The third kappa shape index (κ3) is 4.88. The standard InChI is InChI=1S/C25H23FN6O4/c1-4-23(33)31-7-8-32(15(2)13-31)25(34)36-22-10-18-20(11-21(22)35-3)28-14-29-24(18)30-17-5-6-19(26)16(9-17)12-27/h4-6,9-11,14-15H,1,7-8,13H2,2-3H3,(H,28,29,30)/t15-/m1/s1. The van der Waals surface area contributed by atoms with Gasteiger partial charge < -0.3 is 24.6 Å². The molecule has 1 aliphatic rings. The molecule has 184 valence electrons. The summed E-state index contributed by atoms with van der Waals surface area (Å²) in [5.74, 6) is -0.00315. The lowest BCUT2D eigenvalue weighted by Crippen LogP contribution is -2.55. The normalized spacial score (nSPS) is 15.2. The number of halogens is 1. The first kappa shape index (κ1) is 24.4. The van der Waals surface area contributed by atoms with E-state index < -0.39 is 11.9 Å². The van der Waals surface area contributed by atoms with E-state index in [-0.39, 0.29) is 23.3 Å². The molecule has 0 saturated carbocycles. The topological polar surface area (TPSA) is 121 Å². The summed E-state index contributed by atoms with van der Waals surface area (Å²) in [5, 5.41) is 12.7. The molecule has 36 heavy (non-hydrogen) atoms. The Balaban J connectivity index is 1.61. The second-order valence-corrected chi connectivity index (χ2v) is 8.07. The third-order valence-electron chi connectivity index (χ3n) is 5.82. The van der Waals surface area contributed by atoms with Gasteiger partial charge in [-0.1, -0.05) is 6.58 Å². The number of anilines is 2. The molecule has 0 spiro atoms. The predicted molar refractivity (Wildman–Crippen MR) is 129 cm³/mol. The fourth-order valence-electron chi connectivity index (χ4n) is 3.94. The number of carbonyl (C=O) groups excluding carboxylic acids is 2. The minimum Gasteiger partial charge on any atom is -0.493 e. The number of rotatable bonds is 5. The molecular weight excluding hydrogens is 467 g/mol. The maximum absolute atomic E-state index is 13.7. The van der Waals surface area contributed by atoms with Crippen molar-refractivity contribution in [2.75, 3.05) is 32.1 Å². The minimum atomic E-state index is -0.626. The molecule has 2 aromatic carbocycles. The lowest BCUT2D eigenvalue weighted by molar-refractivity contribution is -0.128. The highest BCUT2D eigenvalue weighted by molar-refractivity contribution is 5.93. The zero-order chi connectivity index (χ0) is 25.8. The first-order valence-corrected chi connectivity index (χ1v) is 11.0. The van der Waals surface area contributed by atoms with E-state index in [4.69, 9.17) is 14.7 Å². The van der Waals surface area contributed by atoms with Gasteiger partial charge in [-0.3, -0.25) is 4.79 Å². The van der Waals surface area contributed by atoms with E-state index in [0.29, 0.717) is 47.8 Å². The number of hydrogen-bond donors (Lipinski definition) is 1. The number of amides is 2. The summed E-state index contributed by atoms with van der Waals surface area (Å²) in [6.45, 7) is 6.36. The van der Waals surface area contributed by atoms with Gasteiger partial charge in [-0.25, -0.2) is 19.2 Å². The lowest BCUT2D eigenvalue weighted by atomic mass is 10.1. The summed E-state index contributed by atoms with van der Waals surface area (Å²) in [6, 6.07) is 8.75. The molecule has 3 aromatic rings. The summed E-state index contributed by atoms with van der Waals surface area (Å²) >= 11 is 0. The Morgan fingerprint density at radius 3 is 2.75 bits per heavy atom. The number of hydrogen-bond acceptors (Lipinski definition) is 8. The van der Waals surface area contributed by atoms with Crippen LogP contribution < -0.4 is 14.8 Å². The van der Waals surface area contributed by atoms with Crippen LogP contribution >= 0.6 is 0 Å². The van der Waals surface area contributed by atoms with E-state index in [1.807, 2.05) is 6.92 Å². The molecule has 0 unspecified atom stereocenters. The molecule has 11 heteroatoms. The molecule has 2 heterocycles. The lowest BCUT2D eigenvalue weighted by Gasteiger charge is -2.38. The van der Waals surface area contributed by atoms with Crippen molar-refractivity contribution < 1.29 is 23.5 Å². The summed E-state index contributed by atoms with van der Waals surface area (Å²) in [5.41, 5.74) is 0.846. The molecule has 2 amide bonds. The third-order valence-corrected chi connectivity index (χ3v) is 5.82. The van der Waals surface area contributed by atoms with Crippen molar-refractivity contribution in [3.63, 3.8) is 0 Å². The van der Waals surface area contributed by atoms with Crippen molar-refractivity contribution >= 4 is 34.4 Å². The molecule has 10 nitrogen and oxygen atoms in total. The molecule has 1 aromatic heterocycles. The van der Waals surface area contributed by atoms with Crippen molar-refractivity contribution in [3.05, 3.63) is 60.7 Å². The number of nitriles is 1. The van der Waals surface area contributed by atoms with E-state index in [0.717, 1.165) is 0 Å². The van der Waals surface area contributed by atoms with Crippen LogP contribution in [0.15, 0.2) is 49.3 Å². The smallest absolute Gasteiger partial charge is 0.415 e. The van der Waals surface area contributed by atoms with E-state index >= 15 is 0 Å². The maximum Gasteiger partial charge on any atom is 0.415 e. The van der Waals surface area contributed by atoms with Gasteiger partial charge in [0.05, 0.1) is 18.2 Å². The zero-order valence-corrected chi connectivity index (χ0v) is 19.7. The van der Waals surface area contributed by atoms with Crippen molar-refractivity contribution in [2.45, 2.75) is 13.0 Å². The van der Waals surface area contributed by atoms with Crippen molar-refractivity contribution in [1.29, 1.82) is 5.26 Å². The van der Waals surface area contributed by atoms with Gasteiger partial charge in [-0.05, 0) is 37.3 Å². The Kier molecular flexibility index (Phi) is 6.96. The number of carbonyl (C=O) groups is 2. The molecule has 4 rings (SSSR count). The first-order valence-electron chi connectivity index (χ1n) is 11.0. The van der Waals surface area contributed by atoms with E-state index in [2.05, 4.69) is 21.9 Å². The number of ether oxygens (including phenoxy) is 2. The molecule has 1 N–H and O–H groups in total. The number of methoxy groups -OCH3 is 1. The molecule has 0 radical (unpaired) electrons. The number of fused-ring (bicyclic) bond motifs is 1. The Labute approximate surface area is 206 Å². The highest BCUT2D eigenvalue weighted by Crippen LogP contribution is 2.35. The largest absolute Gasteiger partial charge is 0.493 e. The first-order chi connectivity index (χ1) is 17.3. The van der Waals surface area contributed by atoms with Crippen LogP contribution in [-0.2, 0) is 4.79 Å². The van der Waals surface area contributed by atoms with Crippen LogP contribution in [0, 0.1) is 17.1 Å². The van der Waals surface area contributed by atoms with Gasteiger partial charge in [0.2, 0.25) is 5.91 Å². The Bertz CT molecular complexity index is 1390. The predicted octanol–water partition coefficient (Wildman–Crippen LogP) is 3.61. The van der Waals surface area contributed by atoms with Crippen molar-refractivity contribution in [2.24, 2.45) is 0 Å². The zero-order valence-electron chi connectivity index (χ0n) is 19.7. The van der Waals surface area contributed by atoms with Crippen LogP contribution in [0.4, 0.5) is 20.7 Å². The van der Waals surface area contributed by atoms with E-state index in [1.54, 1.807) is 28.0 Å². The van der Waals surface area contributed by atoms with Gasteiger partial charge in [0.25, 0.3) is 0 Å². The number of nitrogens with zero attached hydrogens (tertiary/aromatic N) is 5. The van der Waals surface area contributed by atoms with Crippen molar-refractivity contribution in [1.82, 2.24) is 19.8 Å². The summed E-state index contributed by atoms with van der Waals surface area (Å²) < 4.78 is 24.8. The Morgan fingerprint density at radius 1 is 1.25 bits per heavy atom. The number of benzene rings is 2. The summed E-state index contributed by atoms with van der Waals surface area (Å²) in [6.07, 6.45) is 2.01. The van der Waals surface area contributed by atoms with Crippen LogP contribution in [0.2, 0.25) is 0 Å². The van der Waals surface area contributed by atoms with E-state index in [1.165, 1.54) is 37.7 Å². The maximum atomic E-state index is 13.7. The monoisotopic (exact) mass is 490 g/mol. The fourth-order valence-corrected chi connectivity index (χ4v) is 3.94. The Hall–Kier alpha value is -4.72. The summed E-state index contributed by atoms with van der Waals surface area (Å²) in [7, 11) is 1.45. The van der Waals surface area contributed by atoms with Crippen LogP contribution in [0.5, 0.6) is 11.5 Å². The van der Waals surface area contributed by atoms with Crippen LogP contribution in [0.3, 0.4) is 0 Å². The molecule has 1 saturated heterocycles. The number of piperazine rings is 1. The van der Waals surface area contributed by atoms with Gasteiger partial charge >= 0.3 is 6.09 Å². The highest BCUT2D eigenvalue weighted by atomic mass is 19.1. The molecular formula is C25H23FN6O4. The van der Waals surface area contributed by atoms with Gasteiger partial charge in [0.15, 0.2) is 11.5 Å². The average Bonchev–Trinajstić information content (AvgIpc) is 2.89. The van der Waals surface area contributed by atoms with Gasteiger partial charge in [-0.2, -0.15) is 5.26 Å². The molecule has 0 bridgehead atoms. The second-order valence-electron chi connectivity index (χ2n) is 8.07. The quantitative estimate of drug-likeness (QED) is 0.539. The molecule has 1 atom stereocenters. The second kappa shape index (κ2) is 10.3. The molecule has 1 fully saturated rings. The highest BCUT2D eigenvalue weighted by Gasteiger charge is 2.31. The van der Waals surface area contributed by atoms with Crippen LogP contribution in [-0.4, -0.2) is 64.6 Å². The average molecular weight is 490 g/mol.